The lowest BCUT2D eigenvalue weighted by Crippen LogP contribution is -2.40. The molecule has 2 heterocycles. The van der Waals surface area contributed by atoms with Crippen molar-refractivity contribution in [3.63, 3.8) is 0 Å². The Balaban J connectivity index is 1.87. The van der Waals surface area contributed by atoms with Crippen LogP contribution in [0.3, 0.4) is 0 Å². The molecule has 0 fully saturated rings. The van der Waals surface area contributed by atoms with Gasteiger partial charge in [0.15, 0.2) is 0 Å². The summed E-state index contributed by atoms with van der Waals surface area (Å²) < 4.78 is 11.5. The fourth-order valence-corrected chi connectivity index (χ4v) is 2.92. The number of nitrogens with zero attached hydrogens (tertiary/aromatic N) is 1. The maximum Gasteiger partial charge on any atom is 0.317 e. The van der Waals surface area contributed by atoms with Crippen LogP contribution in [0.1, 0.15) is 30.5 Å². The van der Waals surface area contributed by atoms with Crippen LogP contribution in [0, 0.1) is 0 Å². The van der Waals surface area contributed by atoms with Crippen molar-refractivity contribution in [2.75, 3.05) is 20.3 Å². The van der Waals surface area contributed by atoms with Crippen molar-refractivity contribution in [3.05, 3.63) is 22.8 Å². The van der Waals surface area contributed by atoms with Gasteiger partial charge in [-0.25, -0.2) is 4.79 Å². The second kappa shape index (κ2) is 5.47. The average molecular weight is 290 g/mol. The number of carbonyl (C=O) groups is 1. The fraction of sp³-hybridized carbons (Fsp3) is 0.562. The molecule has 0 unspecified atom stereocenters. The van der Waals surface area contributed by atoms with Crippen LogP contribution in [0.25, 0.3) is 0 Å². The van der Waals surface area contributed by atoms with Gasteiger partial charge in [0.2, 0.25) is 0 Å². The topological polar surface area (TPSA) is 50.8 Å². The number of hydrogen-bond donors (Lipinski definition) is 1. The molecule has 0 saturated carbocycles. The lowest BCUT2D eigenvalue weighted by atomic mass is 9.99. The molecule has 114 valence electrons. The van der Waals surface area contributed by atoms with E-state index in [2.05, 4.69) is 11.4 Å². The lowest BCUT2D eigenvalue weighted by molar-refractivity contribution is 0.203. The van der Waals surface area contributed by atoms with Crippen LogP contribution in [-0.2, 0) is 19.4 Å². The van der Waals surface area contributed by atoms with Crippen LogP contribution in [0.5, 0.6) is 11.5 Å². The number of nitrogens with one attached hydrogen (secondary N) is 1. The fourth-order valence-electron chi connectivity index (χ4n) is 2.92. The van der Waals surface area contributed by atoms with Gasteiger partial charge in [-0.15, -0.1) is 0 Å². The van der Waals surface area contributed by atoms with E-state index < -0.39 is 0 Å². The summed E-state index contributed by atoms with van der Waals surface area (Å²) in [6.45, 7) is 5.90. The van der Waals surface area contributed by atoms with Crippen LogP contribution in [0.15, 0.2) is 6.07 Å². The summed E-state index contributed by atoms with van der Waals surface area (Å²) in [4.78, 5) is 13.8. The Morgan fingerprint density at radius 2 is 2.10 bits per heavy atom. The van der Waals surface area contributed by atoms with Crippen molar-refractivity contribution < 1.29 is 14.3 Å². The standard InChI is InChI=1S/C16H22N2O3/c1-10(2)17-16(19)18(3)9-13-12-5-7-20-14(12)8-11-4-6-21-15(11)13/h8,10H,4-7,9H2,1-3H3,(H,17,19). The van der Waals surface area contributed by atoms with E-state index in [1.165, 1.54) is 11.1 Å². The Bertz CT molecular complexity index is 537. The molecule has 1 aromatic rings. The normalized spacial score (nSPS) is 15.2. The van der Waals surface area contributed by atoms with E-state index in [0.29, 0.717) is 19.8 Å². The summed E-state index contributed by atoms with van der Waals surface area (Å²) >= 11 is 0. The van der Waals surface area contributed by atoms with Gasteiger partial charge in [-0.2, -0.15) is 0 Å². The van der Waals surface area contributed by atoms with Crippen LogP contribution >= 0.6 is 0 Å². The van der Waals surface area contributed by atoms with Crippen LogP contribution in [-0.4, -0.2) is 37.2 Å². The predicted molar refractivity (Wildman–Crippen MR) is 80.0 cm³/mol. The van der Waals surface area contributed by atoms with Crippen LogP contribution in [0.4, 0.5) is 4.79 Å². The molecule has 3 rings (SSSR count). The smallest absolute Gasteiger partial charge is 0.317 e. The number of urea groups is 1. The molecule has 0 aromatic heterocycles. The Hall–Kier alpha value is -1.91. The van der Waals surface area contributed by atoms with Crippen LogP contribution in [0.2, 0.25) is 0 Å². The molecule has 5 nitrogen and oxygen atoms in total. The third-order valence-corrected chi connectivity index (χ3v) is 3.91. The van der Waals surface area contributed by atoms with E-state index >= 15 is 0 Å². The van der Waals surface area contributed by atoms with Gasteiger partial charge >= 0.3 is 6.03 Å². The average Bonchev–Trinajstić information content (AvgIpc) is 3.05. The van der Waals surface area contributed by atoms with E-state index in [0.717, 1.165) is 29.9 Å². The Kier molecular flexibility index (Phi) is 3.66. The summed E-state index contributed by atoms with van der Waals surface area (Å²) in [7, 11) is 1.81. The zero-order valence-electron chi connectivity index (χ0n) is 12.9. The van der Waals surface area contributed by atoms with Crippen molar-refractivity contribution in [1.29, 1.82) is 0 Å². The summed E-state index contributed by atoms with van der Waals surface area (Å²) in [5.74, 6) is 1.93. The molecular weight excluding hydrogens is 268 g/mol. The summed E-state index contributed by atoms with van der Waals surface area (Å²) in [5, 5.41) is 2.91. The van der Waals surface area contributed by atoms with Crippen LogP contribution < -0.4 is 14.8 Å². The molecule has 5 heteroatoms. The van der Waals surface area contributed by atoms with E-state index in [4.69, 9.17) is 9.47 Å². The molecular formula is C16H22N2O3. The quantitative estimate of drug-likeness (QED) is 0.927. The summed E-state index contributed by atoms with van der Waals surface area (Å²) in [6, 6.07) is 2.17. The van der Waals surface area contributed by atoms with Gasteiger partial charge in [0, 0.05) is 42.6 Å². The maximum absolute atomic E-state index is 12.1. The largest absolute Gasteiger partial charge is 0.493 e. The third kappa shape index (κ3) is 2.64. The molecule has 0 saturated heterocycles. The van der Waals surface area contributed by atoms with Gasteiger partial charge in [0.1, 0.15) is 11.5 Å². The minimum Gasteiger partial charge on any atom is -0.493 e. The number of rotatable bonds is 3. The van der Waals surface area contributed by atoms with Crippen molar-refractivity contribution in [1.82, 2.24) is 10.2 Å². The highest BCUT2D eigenvalue weighted by Crippen LogP contribution is 2.41. The SMILES string of the molecule is CC(C)NC(=O)N(C)Cc1c2c(cc3c1OCC3)OCC2. The molecule has 1 aromatic carbocycles. The molecule has 0 aliphatic carbocycles. The highest BCUT2D eigenvalue weighted by Gasteiger charge is 2.27. The molecule has 2 amide bonds. The third-order valence-electron chi connectivity index (χ3n) is 3.91. The molecule has 1 N–H and O–H groups in total. The Labute approximate surface area is 125 Å². The van der Waals surface area contributed by atoms with Crippen molar-refractivity contribution in [3.8, 4) is 11.5 Å². The highest BCUT2D eigenvalue weighted by molar-refractivity contribution is 5.74. The Morgan fingerprint density at radius 3 is 2.86 bits per heavy atom. The zero-order chi connectivity index (χ0) is 15.0. The van der Waals surface area contributed by atoms with E-state index in [9.17, 15) is 4.79 Å². The highest BCUT2D eigenvalue weighted by atomic mass is 16.5. The first-order valence-electron chi connectivity index (χ1n) is 7.51. The lowest BCUT2D eigenvalue weighted by Gasteiger charge is -2.22. The minimum absolute atomic E-state index is 0.0618. The molecule has 0 bridgehead atoms. The van der Waals surface area contributed by atoms with E-state index in [1.54, 1.807) is 4.90 Å². The van der Waals surface area contributed by atoms with Crippen molar-refractivity contribution in [2.24, 2.45) is 0 Å². The number of amides is 2. The van der Waals surface area contributed by atoms with E-state index in [-0.39, 0.29) is 12.1 Å². The first kappa shape index (κ1) is 14.0. The van der Waals surface area contributed by atoms with Crippen molar-refractivity contribution >= 4 is 6.03 Å². The zero-order valence-corrected chi connectivity index (χ0v) is 12.9. The Morgan fingerprint density at radius 1 is 1.33 bits per heavy atom. The van der Waals surface area contributed by atoms with Gasteiger partial charge in [-0.1, -0.05) is 0 Å². The molecule has 0 radical (unpaired) electrons. The van der Waals surface area contributed by atoms with Crippen molar-refractivity contribution in [2.45, 2.75) is 39.3 Å². The summed E-state index contributed by atoms with van der Waals surface area (Å²) in [5.41, 5.74) is 3.50. The molecule has 2 aliphatic rings. The number of ether oxygens (including phenoxy) is 2. The number of fused-ring (bicyclic) bond motifs is 2. The number of benzene rings is 1. The first-order valence-corrected chi connectivity index (χ1v) is 7.51. The second-order valence-electron chi connectivity index (χ2n) is 5.98. The molecule has 0 spiro atoms. The monoisotopic (exact) mass is 290 g/mol. The second-order valence-corrected chi connectivity index (χ2v) is 5.98. The van der Waals surface area contributed by atoms with Gasteiger partial charge in [0.25, 0.3) is 0 Å². The predicted octanol–water partition coefficient (Wildman–Crippen LogP) is 2.11. The number of hydrogen-bond acceptors (Lipinski definition) is 3. The van der Waals surface area contributed by atoms with Gasteiger partial charge in [-0.3, -0.25) is 0 Å². The molecule has 0 atom stereocenters. The van der Waals surface area contributed by atoms with Gasteiger partial charge in [-0.05, 0) is 19.9 Å². The maximum atomic E-state index is 12.1. The molecule has 2 aliphatic heterocycles. The van der Waals surface area contributed by atoms with Gasteiger partial charge in [0.05, 0.1) is 19.8 Å². The molecule has 21 heavy (non-hydrogen) atoms. The number of carbonyl (C=O) groups excluding carboxylic acids is 1. The first-order chi connectivity index (χ1) is 10.1. The van der Waals surface area contributed by atoms with Gasteiger partial charge < -0.3 is 19.7 Å². The summed E-state index contributed by atoms with van der Waals surface area (Å²) in [6.07, 6.45) is 1.81. The van der Waals surface area contributed by atoms with E-state index in [1.807, 2.05) is 20.9 Å². The minimum atomic E-state index is -0.0618.